The molecule has 1 amide bonds. The number of amides is 1. The van der Waals surface area contributed by atoms with Crippen LogP contribution in [0.4, 0.5) is 9.18 Å². The highest BCUT2D eigenvalue weighted by Gasteiger charge is 2.22. The van der Waals surface area contributed by atoms with Gasteiger partial charge >= 0.3 is 6.09 Å². The van der Waals surface area contributed by atoms with Gasteiger partial charge in [-0.1, -0.05) is 23.9 Å². The molecule has 6 nitrogen and oxygen atoms in total. The molecule has 3 aromatic rings. The number of hydrogen-bond donors (Lipinski definition) is 1. The molecule has 0 saturated heterocycles. The lowest BCUT2D eigenvalue weighted by Gasteiger charge is -2.19. The third-order valence-electron chi connectivity index (χ3n) is 3.91. The van der Waals surface area contributed by atoms with Gasteiger partial charge in [-0.2, -0.15) is 9.78 Å². The summed E-state index contributed by atoms with van der Waals surface area (Å²) in [5, 5.41) is 7.70. The van der Waals surface area contributed by atoms with Gasteiger partial charge in [-0.3, -0.25) is 4.79 Å². The Morgan fingerprint density at radius 1 is 1.23 bits per heavy atom. The number of carbonyl (C=O) groups is 2. The van der Waals surface area contributed by atoms with E-state index < -0.39 is 18.4 Å². The highest BCUT2D eigenvalue weighted by Crippen LogP contribution is 2.33. The minimum Gasteiger partial charge on any atom is -0.442 e. The number of nitrogens with one attached hydrogen (secondary N) is 1. The van der Waals surface area contributed by atoms with E-state index in [1.54, 1.807) is 32.9 Å². The Morgan fingerprint density at radius 3 is 2.67 bits per heavy atom. The van der Waals surface area contributed by atoms with Gasteiger partial charge in [0.15, 0.2) is 0 Å². The Kier molecular flexibility index (Phi) is 7.02. The van der Waals surface area contributed by atoms with Crippen molar-refractivity contribution < 1.29 is 18.7 Å². The smallest absolute Gasteiger partial charge is 0.435 e. The molecule has 0 unspecified atom stereocenters. The topological polar surface area (TPSA) is 73.2 Å². The van der Waals surface area contributed by atoms with Crippen molar-refractivity contribution in [3.8, 4) is 0 Å². The van der Waals surface area contributed by atoms with Crippen molar-refractivity contribution in [1.29, 1.82) is 0 Å². The summed E-state index contributed by atoms with van der Waals surface area (Å²) in [6.07, 6.45) is -0.552. The summed E-state index contributed by atoms with van der Waals surface area (Å²) in [6.45, 7) is 4.75. The minimum atomic E-state index is -0.640. The maximum atomic E-state index is 12.6. The van der Waals surface area contributed by atoms with Crippen molar-refractivity contribution in [2.45, 2.75) is 36.2 Å². The van der Waals surface area contributed by atoms with Gasteiger partial charge in [-0.15, -0.1) is 0 Å². The molecule has 9 heteroatoms. The Balaban J connectivity index is 1.94. The van der Waals surface area contributed by atoms with Gasteiger partial charge in [0.2, 0.25) is 0 Å². The number of fused-ring (bicyclic) bond motifs is 1. The predicted molar refractivity (Wildman–Crippen MR) is 123 cm³/mol. The van der Waals surface area contributed by atoms with Crippen LogP contribution in [0.2, 0.25) is 0 Å². The van der Waals surface area contributed by atoms with E-state index in [0.717, 1.165) is 15.2 Å². The lowest BCUT2D eigenvalue weighted by atomic mass is 10.2. The number of carbonyl (C=O) groups excluding carboxylic acids is 2. The molecule has 0 saturated carbocycles. The van der Waals surface area contributed by atoms with Crippen LogP contribution in [0.5, 0.6) is 0 Å². The number of alkyl halides is 1. The maximum absolute atomic E-state index is 12.6. The second kappa shape index (κ2) is 9.34. The van der Waals surface area contributed by atoms with Crippen LogP contribution in [0.25, 0.3) is 10.9 Å². The van der Waals surface area contributed by atoms with Crippen LogP contribution in [0.15, 0.2) is 52.3 Å². The largest absolute Gasteiger partial charge is 0.442 e. The normalized spacial score (nSPS) is 11.5. The van der Waals surface area contributed by atoms with E-state index >= 15 is 0 Å². The zero-order valence-corrected chi connectivity index (χ0v) is 19.7. The van der Waals surface area contributed by atoms with Gasteiger partial charge < -0.3 is 10.1 Å². The van der Waals surface area contributed by atoms with Gasteiger partial charge in [0.1, 0.15) is 16.0 Å². The highest BCUT2D eigenvalue weighted by atomic mass is 127. The Bertz CT molecular complexity index is 1090. The van der Waals surface area contributed by atoms with Crippen LogP contribution in [-0.4, -0.2) is 40.6 Å². The van der Waals surface area contributed by atoms with E-state index in [4.69, 9.17) is 4.74 Å². The van der Waals surface area contributed by atoms with Crippen molar-refractivity contribution in [3.05, 3.63) is 51.7 Å². The fourth-order valence-electron chi connectivity index (χ4n) is 2.69. The molecule has 1 heterocycles. The lowest BCUT2D eigenvalue weighted by molar-refractivity contribution is 0.0522. The molecule has 0 aliphatic carbocycles. The van der Waals surface area contributed by atoms with Gasteiger partial charge in [-0.25, -0.2) is 9.18 Å². The van der Waals surface area contributed by atoms with Crippen LogP contribution >= 0.6 is 34.4 Å². The number of rotatable bonds is 5. The molecule has 0 spiro atoms. The highest BCUT2D eigenvalue weighted by molar-refractivity contribution is 14.1. The van der Waals surface area contributed by atoms with E-state index in [0.29, 0.717) is 14.8 Å². The van der Waals surface area contributed by atoms with Crippen molar-refractivity contribution >= 4 is 57.3 Å². The van der Waals surface area contributed by atoms with Crippen LogP contribution in [0.1, 0.15) is 31.1 Å². The van der Waals surface area contributed by atoms with Crippen LogP contribution in [0.3, 0.4) is 0 Å². The molecule has 0 fully saturated rings. The summed E-state index contributed by atoms with van der Waals surface area (Å²) in [4.78, 5) is 26.5. The zero-order chi connectivity index (χ0) is 21.9. The minimum absolute atomic E-state index is 0.0305. The molecule has 0 radical (unpaired) electrons. The Hall–Kier alpha value is -2.14. The molecule has 0 atom stereocenters. The van der Waals surface area contributed by atoms with Crippen LogP contribution in [0, 0.1) is 3.70 Å². The first-order chi connectivity index (χ1) is 14.2. The maximum Gasteiger partial charge on any atom is 0.435 e. The van der Waals surface area contributed by atoms with E-state index in [-0.39, 0.29) is 12.5 Å². The molecule has 3 rings (SSSR count). The summed E-state index contributed by atoms with van der Waals surface area (Å²) in [5.74, 6) is -0.329. The molecular formula is C21H21FIN3O3S. The van der Waals surface area contributed by atoms with Crippen molar-refractivity contribution in [1.82, 2.24) is 15.1 Å². The third kappa shape index (κ3) is 5.31. The average molecular weight is 541 g/mol. The summed E-state index contributed by atoms with van der Waals surface area (Å²) < 4.78 is 19.8. The molecule has 0 bridgehead atoms. The van der Waals surface area contributed by atoms with Crippen molar-refractivity contribution in [2.75, 3.05) is 13.2 Å². The van der Waals surface area contributed by atoms with E-state index in [9.17, 15) is 14.0 Å². The first-order valence-electron chi connectivity index (χ1n) is 9.22. The van der Waals surface area contributed by atoms with Crippen molar-refractivity contribution in [3.63, 3.8) is 0 Å². The molecule has 1 aromatic heterocycles. The Labute approximate surface area is 191 Å². The van der Waals surface area contributed by atoms with Crippen LogP contribution < -0.4 is 5.32 Å². The molecular weight excluding hydrogens is 520 g/mol. The van der Waals surface area contributed by atoms with Crippen LogP contribution in [-0.2, 0) is 4.74 Å². The monoisotopic (exact) mass is 541 g/mol. The number of aromatic nitrogens is 2. The standard InChI is InChI=1S/C21H21FIN3O3S/c1-21(2,3)29-20(28)26-16-12-13(8-9-14(16)18(23)25-26)30-17-7-5-4-6-15(17)19(27)24-11-10-22/h4-9,12H,10-11H2,1-3H3,(H,24,27). The number of halogens is 2. The average Bonchev–Trinajstić information content (AvgIpc) is 3.01. The first-order valence-corrected chi connectivity index (χ1v) is 11.1. The number of benzene rings is 2. The molecule has 1 N–H and O–H groups in total. The molecule has 30 heavy (non-hydrogen) atoms. The third-order valence-corrected chi connectivity index (χ3v) is 5.78. The quantitative estimate of drug-likeness (QED) is 0.446. The second-order valence-corrected chi connectivity index (χ2v) is 9.54. The number of hydrogen-bond acceptors (Lipinski definition) is 5. The summed E-state index contributed by atoms with van der Waals surface area (Å²) >= 11 is 3.46. The molecule has 0 aliphatic rings. The van der Waals surface area contributed by atoms with E-state index in [1.807, 2.05) is 30.3 Å². The predicted octanol–water partition coefficient (Wildman–Crippen LogP) is 5.27. The number of ether oxygens (including phenoxy) is 1. The first kappa shape index (κ1) is 22.5. The zero-order valence-electron chi connectivity index (χ0n) is 16.7. The van der Waals surface area contributed by atoms with Gasteiger partial charge in [0.25, 0.3) is 5.91 Å². The second-order valence-electron chi connectivity index (χ2n) is 7.41. The summed E-state index contributed by atoms with van der Waals surface area (Å²) in [7, 11) is 0. The van der Waals surface area contributed by atoms with Gasteiger partial charge in [0, 0.05) is 21.7 Å². The van der Waals surface area contributed by atoms with E-state index in [1.165, 1.54) is 16.4 Å². The fraction of sp³-hybridized carbons (Fsp3) is 0.286. The summed E-state index contributed by atoms with van der Waals surface area (Å²) in [6, 6.07) is 12.8. The molecule has 158 valence electrons. The number of nitrogens with zero attached hydrogens (tertiary/aromatic N) is 2. The van der Waals surface area contributed by atoms with Gasteiger partial charge in [-0.05, 0) is 73.7 Å². The van der Waals surface area contributed by atoms with E-state index in [2.05, 4.69) is 33.0 Å². The lowest BCUT2D eigenvalue weighted by Crippen LogP contribution is -2.27. The van der Waals surface area contributed by atoms with Crippen molar-refractivity contribution in [2.24, 2.45) is 0 Å². The SMILES string of the molecule is CC(C)(C)OC(=O)n1nc(I)c2ccc(Sc3ccccc3C(=O)NCCF)cc21. The van der Waals surface area contributed by atoms with Gasteiger partial charge in [0.05, 0.1) is 11.1 Å². The molecule has 2 aromatic carbocycles. The summed E-state index contributed by atoms with van der Waals surface area (Å²) in [5.41, 5.74) is 0.447. The fourth-order valence-corrected chi connectivity index (χ4v) is 4.34. The molecule has 0 aliphatic heterocycles. The Morgan fingerprint density at radius 2 is 1.97 bits per heavy atom.